The molecule has 0 radical (unpaired) electrons. The van der Waals surface area contributed by atoms with E-state index in [1.54, 1.807) is 60.8 Å². The molecule has 1 heterocycles. The van der Waals surface area contributed by atoms with Gasteiger partial charge in [-0.25, -0.2) is 4.79 Å². The second-order valence-corrected chi connectivity index (χ2v) is 21.7. The summed E-state index contributed by atoms with van der Waals surface area (Å²) in [6.07, 6.45) is -1.88. The molecular weight excluding hydrogens is 1230 g/mol. The molecule has 23 N–H and O–H groups in total. The molecule has 0 aliphatic carbocycles. The van der Waals surface area contributed by atoms with Crippen LogP contribution >= 0.6 is 0 Å². The van der Waals surface area contributed by atoms with Crippen LogP contribution in [0.3, 0.4) is 0 Å². The molecule has 9 amide bonds. The largest absolute Gasteiger partial charge is 0.508 e. The lowest BCUT2D eigenvalue weighted by molar-refractivity contribution is -0.143. The highest BCUT2D eigenvalue weighted by Gasteiger charge is 2.37. The number of para-hydroxylation sites is 1. The van der Waals surface area contributed by atoms with Crippen molar-refractivity contribution < 1.29 is 93.3 Å². The van der Waals surface area contributed by atoms with E-state index in [4.69, 9.17) is 17.2 Å². The van der Waals surface area contributed by atoms with Crippen LogP contribution in [-0.4, -0.2) is 198 Å². The molecule has 33 nitrogen and oxygen atoms in total. The fourth-order valence-electron chi connectivity index (χ4n) is 9.33. The quantitative estimate of drug-likeness (QED) is 0.0101. The van der Waals surface area contributed by atoms with Gasteiger partial charge in [-0.1, -0.05) is 72.8 Å². The van der Waals surface area contributed by atoms with Crippen LogP contribution in [-0.2, 0) is 83.2 Å². The van der Waals surface area contributed by atoms with E-state index in [1.807, 2.05) is 10.6 Å². The van der Waals surface area contributed by atoms with Gasteiger partial charge in [0.05, 0.1) is 32.1 Å². The van der Waals surface area contributed by atoms with Gasteiger partial charge in [-0.15, -0.1) is 0 Å². The van der Waals surface area contributed by atoms with Gasteiger partial charge in [0.2, 0.25) is 53.2 Å². The lowest BCUT2D eigenvalue weighted by Crippen LogP contribution is -2.62. The lowest BCUT2D eigenvalue weighted by atomic mass is 10.0. The van der Waals surface area contributed by atoms with Crippen LogP contribution in [0.1, 0.15) is 54.9 Å². The standard InChI is InChI=1S/C61H76N14O19/c1-31(51(84)73-46(60(93)94)24-34-15-19-37(79)20-16-34)67-53(86)41(22-32-8-3-2-4-9-32)68-55(88)43(25-35-28-66-40-12-6-5-10-38(35)40)70-59(92)48(30-77)75-54(87)42(23-33-13-17-36(78)18-14-33)69-56(89)44(26-49(80)81)71-57(90)45(27-50(82)83)72-58(91)47(29-76)74-52(85)39(62)11-7-21-65-61(63)64/h2-6,8-10,12-20,28,31,39,41-48,66,76-79H,7,11,21-27,29-30,62H2,1H3,(H,67,86)(H,68,88)(H,69,89)(H,70,92)(H,71,90)(H,72,91)(H,73,84)(H,74,85)(H,75,87)(H,80,81)(H,82,83)(H,93,94)(H4,63,64,65)/t31-,39-,41-,42-,43-,44-,45-,46-,47-,48-/m0/s1. The van der Waals surface area contributed by atoms with E-state index in [2.05, 4.69) is 47.2 Å². The molecule has 0 aliphatic heterocycles. The number of hydrogen-bond acceptors (Lipinski definition) is 18. The van der Waals surface area contributed by atoms with Gasteiger partial charge < -0.3 is 106 Å². The topological polar surface area (TPSA) is 561 Å². The Bertz CT molecular complexity index is 3510. The summed E-state index contributed by atoms with van der Waals surface area (Å²) in [5, 5.41) is 91.4. The summed E-state index contributed by atoms with van der Waals surface area (Å²) in [5.74, 6) is -15.8. The van der Waals surface area contributed by atoms with Crippen LogP contribution in [0.15, 0.2) is 114 Å². The molecule has 0 bridgehead atoms. The molecule has 4 aromatic carbocycles. The monoisotopic (exact) mass is 1310 g/mol. The summed E-state index contributed by atoms with van der Waals surface area (Å²) in [6.45, 7) is -0.907. The number of aliphatic imine (C=N–C) groups is 1. The number of nitrogens with one attached hydrogen (secondary N) is 10. The SMILES string of the molecule is C[C@H](NC(=O)[C@H](Cc1ccccc1)NC(=O)[C@H](Cc1c[nH]c2ccccc12)NC(=O)[C@H](CO)NC(=O)[C@H](Cc1ccc(O)cc1)NC(=O)[C@H](CC(=O)O)NC(=O)[C@H](CC(=O)O)NC(=O)[C@H](CO)NC(=O)[C@@H](N)CCCN=C(N)N)C(=O)N[C@@H](Cc1ccc(O)cc1)C(=O)O. The first-order valence-electron chi connectivity index (χ1n) is 29.2. The number of nitrogens with zero attached hydrogens (tertiary/aromatic N) is 1. The highest BCUT2D eigenvalue weighted by Crippen LogP contribution is 2.20. The number of hydrogen-bond donors (Lipinski definition) is 20. The number of phenols is 2. The minimum absolute atomic E-state index is 0.00415. The average molecular weight is 1310 g/mol. The number of carbonyl (C=O) groups excluding carboxylic acids is 9. The van der Waals surface area contributed by atoms with Crippen LogP contribution in [0.2, 0.25) is 0 Å². The molecule has 10 atom stereocenters. The molecule has 0 aliphatic rings. The zero-order valence-electron chi connectivity index (χ0n) is 50.7. The van der Waals surface area contributed by atoms with Gasteiger partial charge in [0.15, 0.2) is 5.96 Å². The highest BCUT2D eigenvalue weighted by molar-refractivity contribution is 6.00. The molecule has 5 aromatic rings. The third kappa shape index (κ3) is 23.6. The highest BCUT2D eigenvalue weighted by atomic mass is 16.4. The number of carboxylic acid groups (broad SMARTS) is 3. The number of aromatic amines is 1. The predicted molar refractivity (Wildman–Crippen MR) is 333 cm³/mol. The van der Waals surface area contributed by atoms with Gasteiger partial charge >= 0.3 is 17.9 Å². The number of aliphatic hydroxyl groups is 2. The number of amides is 9. The Morgan fingerprint density at radius 3 is 1.31 bits per heavy atom. The summed E-state index contributed by atoms with van der Waals surface area (Å²) in [7, 11) is 0. The van der Waals surface area contributed by atoms with Crippen molar-refractivity contribution in [2.45, 2.75) is 119 Å². The van der Waals surface area contributed by atoms with Crippen molar-refractivity contribution in [1.82, 2.24) is 52.8 Å². The van der Waals surface area contributed by atoms with Gasteiger partial charge in [-0.05, 0) is 72.4 Å². The van der Waals surface area contributed by atoms with Gasteiger partial charge in [0.1, 0.15) is 65.9 Å². The summed E-state index contributed by atoms with van der Waals surface area (Å²) in [6, 6.07) is 8.64. The van der Waals surface area contributed by atoms with E-state index in [1.165, 1.54) is 55.5 Å². The number of nitrogens with two attached hydrogens (primary N) is 3. The normalized spacial score (nSPS) is 14.2. The zero-order valence-corrected chi connectivity index (χ0v) is 50.7. The van der Waals surface area contributed by atoms with Crippen LogP contribution in [0.25, 0.3) is 10.9 Å². The average Bonchev–Trinajstić information content (AvgIpc) is 1.74. The number of aliphatic hydroxyl groups excluding tert-OH is 2. The van der Waals surface area contributed by atoms with E-state index < -0.39 is 164 Å². The third-order valence-corrected chi connectivity index (χ3v) is 14.4. The van der Waals surface area contributed by atoms with E-state index >= 15 is 0 Å². The first kappa shape index (κ1) is 73.5. The maximum absolute atomic E-state index is 14.7. The number of rotatable bonds is 37. The first-order valence-corrected chi connectivity index (χ1v) is 29.2. The Morgan fingerprint density at radius 2 is 0.840 bits per heavy atom. The Labute approximate surface area is 536 Å². The van der Waals surface area contributed by atoms with E-state index in [-0.39, 0.29) is 61.7 Å². The van der Waals surface area contributed by atoms with Crippen molar-refractivity contribution >= 4 is 87.9 Å². The van der Waals surface area contributed by atoms with Gasteiger partial charge in [-0.2, -0.15) is 0 Å². The fraction of sp³-hybridized carbons (Fsp3) is 0.361. The van der Waals surface area contributed by atoms with E-state index in [0.717, 1.165) is 0 Å². The number of guanidine groups is 1. The van der Waals surface area contributed by atoms with Gasteiger partial charge in [0.25, 0.3) is 0 Å². The third-order valence-electron chi connectivity index (χ3n) is 14.4. The molecule has 0 spiro atoms. The zero-order chi connectivity index (χ0) is 69.2. The summed E-state index contributed by atoms with van der Waals surface area (Å²) >= 11 is 0. The second-order valence-electron chi connectivity index (χ2n) is 21.7. The summed E-state index contributed by atoms with van der Waals surface area (Å²) in [5.41, 5.74) is 18.7. The van der Waals surface area contributed by atoms with Crippen molar-refractivity contribution in [3.8, 4) is 11.5 Å². The van der Waals surface area contributed by atoms with Crippen LogP contribution in [0.5, 0.6) is 11.5 Å². The molecule has 94 heavy (non-hydrogen) atoms. The molecule has 5 rings (SSSR count). The number of carboxylic acids is 3. The molecule has 0 unspecified atom stereocenters. The fourth-order valence-corrected chi connectivity index (χ4v) is 9.33. The maximum atomic E-state index is 14.7. The Balaban J connectivity index is 1.38. The van der Waals surface area contributed by atoms with Gasteiger partial charge in [0, 0.05) is 49.3 Å². The minimum atomic E-state index is -2.17. The maximum Gasteiger partial charge on any atom is 0.326 e. The van der Waals surface area contributed by atoms with Crippen molar-refractivity contribution in [3.63, 3.8) is 0 Å². The molecular formula is C61H76N14O19. The molecule has 33 heteroatoms. The smallest absolute Gasteiger partial charge is 0.326 e. The molecule has 504 valence electrons. The van der Waals surface area contributed by atoms with Crippen LogP contribution in [0, 0.1) is 0 Å². The lowest BCUT2D eigenvalue weighted by Gasteiger charge is -2.27. The van der Waals surface area contributed by atoms with Crippen LogP contribution < -0.4 is 65.1 Å². The minimum Gasteiger partial charge on any atom is -0.508 e. The number of aromatic nitrogens is 1. The first-order chi connectivity index (χ1) is 44.6. The van der Waals surface area contributed by atoms with Crippen molar-refractivity contribution in [2.75, 3.05) is 19.8 Å². The Hall–Kier alpha value is -11.2. The number of phenolic OH excluding ortho intramolecular Hbond substituents is 2. The summed E-state index contributed by atoms with van der Waals surface area (Å²) in [4.78, 5) is 169. The number of H-pyrrole nitrogens is 1. The van der Waals surface area contributed by atoms with Crippen molar-refractivity contribution in [3.05, 3.63) is 132 Å². The van der Waals surface area contributed by atoms with E-state index in [0.29, 0.717) is 27.6 Å². The second kappa shape index (κ2) is 36.0. The molecule has 0 fully saturated rings. The molecule has 0 saturated heterocycles. The van der Waals surface area contributed by atoms with Gasteiger partial charge in [-0.3, -0.25) is 57.7 Å². The van der Waals surface area contributed by atoms with E-state index in [9.17, 15) is 93.3 Å². The Morgan fingerprint density at radius 1 is 0.457 bits per heavy atom. The molecule has 0 saturated carbocycles. The van der Waals surface area contributed by atoms with Crippen LogP contribution in [0.4, 0.5) is 0 Å². The van der Waals surface area contributed by atoms with Crippen molar-refractivity contribution in [2.24, 2.45) is 22.2 Å². The number of aromatic hydroxyl groups is 2. The number of benzene rings is 4. The van der Waals surface area contributed by atoms with Crippen molar-refractivity contribution in [1.29, 1.82) is 0 Å². The predicted octanol–water partition coefficient (Wildman–Crippen LogP) is -4.37. The number of aliphatic carboxylic acids is 3. The number of carbonyl (C=O) groups is 12. The number of fused-ring (bicyclic) bond motifs is 1. The Kier molecular flexibility index (Phi) is 28.2. The molecule has 1 aromatic heterocycles. The summed E-state index contributed by atoms with van der Waals surface area (Å²) < 4.78 is 0.